The van der Waals surface area contributed by atoms with Gasteiger partial charge in [0, 0.05) is 18.9 Å². The van der Waals surface area contributed by atoms with Gasteiger partial charge in [-0.05, 0) is 30.9 Å². The average Bonchev–Trinajstić information content (AvgIpc) is 3.35. The summed E-state index contributed by atoms with van der Waals surface area (Å²) in [6, 6.07) is 7.13. The second kappa shape index (κ2) is 5.47. The van der Waals surface area contributed by atoms with E-state index in [1.54, 1.807) is 6.92 Å². The minimum absolute atomic E-state index is 0.225. The molecule has 1 saturated carbocycles. The number of nitrogens with zero attached hydrogens (tertiary/aromatic N) is 2. The summed E-state index contributed by atoms with van der Waals surface area (Å²) >= 11 is 0. The van der Waals surface area contributed by atoms with E-state index in [0.717, 1.165) is 24.0 Å². The number of primary amides is 1. The molecule has 1 aromatic carbocycles. The molecule has 2 N–H and O–H groups in total. The maximum atomic E-state index is 13.0. The first-order valence-corrected chi connectivity index (χ1v) is 8.19. The molecule has 2 aromatic rings. The van der Waals surface area contributed by atoms with Gasteiger partial charge in [0.2, 0.25) is 11.7 Å². The van der Waals surface area contributed by atoms with Gasteiger partial charge in [-0.1, -0.05) is 24.3 Å². The highest BCUT2D eigenvalue weighted by atomic mass is 16.4. The van der Waals surface area contributed by atoms with Crippen LogP contribution in [0.2, 0.25) is 0 Å². The molecule has 1 atom stereocenters. The first kappa shape index (κ1) is 14.9. The summed E-state index contributed by atoms with van der Waals surface area (Å²) < 4.78 is 5.71. The lowest BCUT2D eigenvalue weighted by atomic mass is 9.93. The Morgan fingerprint density at radius 3 is 2.62 bits per heavy atom. The Morgan fingerprint density at radius 1 is 1.25 bits per heavy atom. The molecule has 2 aliphatic rings. The van der Waals surface area contributed by atoms with Gasteiger partial charge in [0.15, 0.2) is 5.89 Å². The van der Waals surface area contributed by atoms with E-state index in [4.69, 9.17) is 10.2 Å². The minimum atomic E-state index is -0.665. The van der Waals surface area contributed by atoms with Crippen LogP contribution in [0.15, 0.2) is 28.7 Å². The third-order valence-corrected chi connectivity index (χ3v) is 4.77. The van der Waals surface area contributed by atoms with Crippen LogP contribution in [0.25, 0.3) is 0 Å². The normalized spacial score (nSPS) is 19.9. The molecule has 1 aromatic heterocycles. The number of fused-ring (bicyclic) bond motifs is 1. The van der Waals surface area contributed by atoms with Crippen LogP contribution in [0.4, 0.5) is 0 Å². The lowest BCUT2D eigenvalue weighted by molar-refractivity contribution is -0.122. The highest BCUT2D eigenvalue weighted by Crippen LogP contribution is 2.40. The van der Waals surface area contributed by atoms with Crippen LogP contribution in [-0.4, -0.2) is 27.7 Å². The van der Waals surface area contributed by atoms with Gasteiger partial charge >= 0.3 is 0 Å². The summed E-state index contributed by atoms with van der Waals surface area (Å²) in [5, 5.41) is 0. The number of carbonyl (C=O) groups is 2. The Bertz CT molecular complexity index is 823. The van der Waals surface area contributed by atoms with Gasteiger partial charge in [-0.15, -0.1) is 0 Å². The number of carbonyl (C=O) groups excluding carboxylic acids is 2. The van der Waals surface area contributed by atoms with Crippen LogP contribution in [-0.2, 0) is 17.8 Å². The molecule has 24 heavy (non-hydrogen) atoms. The quantitative estimate of drug-likeness (QED) is 0.933. The van der Waals surface area contributed by atoms with E-state index in [2.05, 4.69) is 4.98 Å². The fourth-order valence-electron chi connectivity index (χ4n) is 3.24. The number of oxazole rings is 1. The van der Waals surface area contributed by atoms with Crippen LogP contribution in [0.1, 0.15) is 52.0 Å². The predicted octanol–water partition coefficient (Wildman–Crippen LogP) is 1.91. The second-order valence-corrected chi connectivity index (χ2v) is 6.56. The third kappa shape index (κ3) is 2.48. The van der Waals surface area contributed by atoms with E-state index in [1.165, 1.54) is 4.90 Å². The molecule has 0 unspecified atom stereocenters. The molecule has 1 aliphatic heterocycles. The highest BCUT2D eigenvalue weighted by Gasteiger charge is 2.37. The van der Waals surface area contributed by atoms with Crippen LogP contribution in [0.3, 0.4) is 0 Å². The van der Waals surface area contributed by atoms with Crippen molar-refractivity contribution < 1.29 is 14.0 Å². The molecule has 6 heteroatoms. The zero-order chi connectivity index (χ0) is 16.8. The van der Waals surface area contributed by atoms with Crippen LogP contribution in [0, 0.1) is 6.92 Å². The molecule has 4 rings (SSSR count). The largest absolute Gasteiger partial charge is 0.435 e. The van der Waals surface area contributed by atoms with Crippen molar-refractivity contribution in [3.05, 3.63) is 52.7 Å². The average molecular weight is 325 g/mol. The Labute approximate surface area is 139 Å². The Morgan fingerprint density at radius 2 is 1.96 bits per heavy atom. The summed E-state index contributed by atoms with van der Waals surface area (Å²) in [7, 11) is 0. The van der Waals surface area contributed by atoms with Gasteiger partial charge in [0.1, 0.15) is 6.04 Å². The van der Waals surface area contributed by atoms with Crippen molar-refractivity contribution >= 4 is 11.8 Å². The SMILES string of the molecule is Cc1nc(C2CC2)oc1C(=O)N1Cc2ccccc2C[C@H]1C(N)=O. The third-order valence-electron chi connectivity index (χ3n) is 4.77. The van der Waals surface area contributed by atoms with Crippen LogP contribution < -0.4 is 5.73 Å². The first-order chi connectivity index (χ1) is 11.5. The number of amides is 2. The van der Waals surface area contributed by atoms with Crippen molar-refractivity contribution in [3.8, 4) is 0 Å². The van der Waals surface area contributed by atoms with Gasteiger partial charge in [-0.25, -0.2) is 4.98 Å². The molecule has 0 saturated heterocycles. The number of benzene rings is 1. The summed E-state index contributed by atoms with van der Waals surface area (Å²) in [6.45, 7) is 2.11. The number of nitrogens with two attached hydrogens (primary N) is 1. The van der Waals surface area contributed by atoms with Gasteiger partial charge in [0.25, 0.3) is 5.91 Å². The van der Waals surface area contributed by atoms with E-state index >= 15 is 0 Å². The molecular formula is C18H19N3O3. The fourth-order valence-corrected chi connectivity index (χ4v) is 3.24. The fraction of sp³-hybridized carbons (Fsp3) is 0.389. The smallest absolute Gasteiger partial charge is 0.292 e. The first-order valence-electron chi connectivity index (χ1n) is 8.19. The molecule has 124 valence electrons. The Kier molecular flexibility index (Phi) is 3.40. The Hall–Kier alpha value is -2.63. The van der Waals surface area contributed by atoms with Crippen LogP contribution >= 0.6 is 0 Å². The number of hydrogen-bond acceptors (Lipinski definition) is 4. The van der Waals surface area contributed by atoms with E-state index in [9.17, 15) is 9.59 Å². The number of hydrogen-bond donors (Lipinski definition) is 1. The molecule has 2 heterocycles. The standard InChI is InChI=1S/C18H19N3O3/c1-10-15(24-17(20-10)11-6-7-11)18(23)21-9-13-5-3-2-4-12(13)8-14(21)16(19)22/h2-5,11,14H,6-9H2,1H3,(H2,19,22)/t14-/m0/s1. The molecule has 1 aliphatic carbocycles. The van der Waals surface area contributed by atoms with Crippen molar-refractivity contribution in [1.82, 2.24) is 9.88 Å². The molecule has 1 fully saturated rings. The van der Waals surface area contributed by atoms with Gasteiger partial charge in [-0.3, -0.25) is 9.59 Å². The minimum Gasteiger partial charge on any atom is -0.435 e. The van der Waals surface area contributed by atoms with Crippen molar-refractivity contribution in [2.45, 2.75) is 44.7 Å². The van der Waals surface area contributed by atoms with Crippen LogP contribution in [0.5, 0.6) is 0 Å². The molecular weight excluding hydrogens is 306 g/mol. The molecule has 6 nitrogen and oxygen atoms in total. The van der Waals surface area contributed by atoms with E-state index in [0.29, 0.717) is 30.5 Å². The number of rotatable bonds is 3. The highest BCUT2D eigenvalue weighted by molar-refractivity contribution is 5.96. The Balaban J connectivity index is 1.68. The lowest BCUT2D eigenvalue weighted by Crippen LogP contribution is -2.51. The summed E-state index contributed by atoms with van der Waals surface area (Å²) in [5.41, 5.74) is 8.21. The van der Waals surface area contributed by atoms with Crippen molar-refractivity contribution in [1.29, 1.82) is 0 Å². The molecule has 0 radical (unpaired) electrons. The monoisotopic (exact) mass is 325 g/mol. The van der Waals surface area contributed by atoms with Crippen molar-refractivity contribution in [2.75, 3.05) is 0 Å². The van der Waals surface area contributed by atoms with Crippen molar-refractivity contribution in [2.24, 2.45) is 5.73 Å². The van der Waals surface area contributed by atoms with Gasteiger partial charge in [0.05, 0.1) is 5.69 Å². The summed E-state index contributed by atoms with van der Waals surface area (Å²) in [5.74, 6) is 0.369. The molecule has 0 spiro atoms. The van der Waals surface area contributed by atoms with Gasteiger partial charge in [-0.2, -0.15) is 0 Å². The maximum absolute atomic E-state index is 13.0. The second-order valence-electron chi connectivity index (χ2n) is 6.56. The van der Waals surface area contributed by atoms with Crippen molar-refractivity contribution in [3.63, 3.8) is 0 Å². The summed E-state index contributed by atoms with van der Waals surface area (Å²) in [4.78, 5) is 30.8. The van der Waals surface area contributed by atoms with E-state index in [-0.39, 0.29) is 11.7 Å². The molecule has 0 bridgehead atoms. The lowest BCUT2D eigenvalue weighted by Gasteiger charge is -2.34. The summed E-state index contributed by atoms with van der Waals surface area (Å²) in [6.07, 6.45) is 2.53. The maximum Gasteiger partial charge on any atom is 0.292 e. The van der Waals surface area contributed by atoms with Gasteiger partial charge < -0.3 is 15.1 Å². The van der Waals surface area contributed by atoms with E-state index in [1.807, 2.05) is 24.3 Å². The predicted molar refractivity (Wildman–Crippen MR) is 86.2 cm³/mol. The van der Waals surface area contributed by atoms with E-state index < -0.39 is 11.9 Å². The zero-order valence-electron chi connectivity index (χ0n) is 13.5. The topological polar surface area (TPSA) is 89.4 Å². The molecule has 2 amide bonds. The number of aromatic nitrogens is 1. The zero-order valence-corrected chi connectivity index (χ0v) is 13.5. The number of aryl methyl sites for hydroxylation is 1.